The summed E-state index contributed by atoms with van der Waals surface area (Å²) in [5.74, 6) is -0.872. The number of hydrogen-bond donors (Lipinski definition) is 2. The number of thiophene rings is 1. The van der Waals surface area contributed by atoms with Crippen LogP contribution in [0.25, 0.3) is 0 Å². The smallest absolute Gasteiger partial charge is 0.345 e. The van der Waals surface area contributed by atoms with Crippen LogP contribution < -0.4 is 5.32 Å². The van der Waals surface area contributed by atoms with E-state index < -0.39 is 5.97 Å². The number of hydrogen-bond acceptors (Lipinski definition) is 5. The largest absolute Gasteiger partial charge is 0.477 e. The quantitative estimate of drug-likeness (QED) is 0.860. The van der Waals surface area contributed by atoms with Crippen LogP contribution in [0, 0.1) is 6.92 Å². The second kappa shape index (κ2) is 5.70. The third-order valence-corrected chi connectivity index (χ3v) is 3.56. The average Bonchev–Trinajstić information content (AvgIpc) is 2.73. The Morgan fingerprint density at radius 2 is 2.33 bits per heavy atom. The molecule has 6 heteroatoms. The summed E-state index contributed by atoms with van der Waals surface area (Å²) < 4.78 is 0. The molecule has 0 aliphatic carbocycles. The van der Waals surface area contributed by atoms with E-state index in [1.807, 2.05) is 19.1 Å². The van der Waals surface area contributed by atoms with E-state index in [-0.39, 0.29) is 0 Å². The molecule has 0 saturated heterocycles. The monoisotopic (exact) mass is 263 g/mol. The molecule has 2 rings (SSSR count). The molecule has 5 nitrogen and oxygen atoms in total. The van der Waals surface area contributed by atoms with Crippen molar-refractivity contribution in [3.8, 4) is 0 Å². The van der Waals surface area contributed by atoms with Gasteiger partial charge in [-0.05, 0) is 30.7 Å². The number of aryl methyl sites for hydroxylation is 1. The molecule has 0 radical (unpaired) electrons. The molecule has 2 heterocycles. The third kappa shape index (κ3) is 3.12. The van der Waals surface area contributed by atoms with Gasteiger partial charge in [0, 0.05) is 24.2 Å². The Morgan fingerprint density at radius 1 is 1.50 bits per heavy atom. The first-order valence-electron chi connectivity index (χ1n) is 5.46. The van der Waals surface area contributed by atoms with Gasteiger partial charge >= 0.3 is 5.97 Å². The van der Waals surface area contributed by atoms with Crippen molar-refractivity contribution in [2.75, 3.05) is 0 Å². The van der Waals surface area contributed by atoms with Crippen LogP contribution in [0.2, 0.25) is 0 Å². The summed E-state index contributed by atoms with van der Waals surface area (Å²) in [6, 6.07) is 5.44. The zero-order valence-electron chi connectivity index (χ0n) is 9.88. The highest BCUT2D eigenvalue weighted by molar-refractivity contribution is 7.14. The fraction of sp³-hybridized carbons (Fsp3) is 0.250. The summed E-state index contributed by atoms with van der Waals surface area (Å²) in [6.45, 7) is 3.17. The molecule has 0 bridgehead atoms. The minimum Gasteiger partial charge on any atom is -0.477 e. The minimum absolute atomic E-state index is 0.379. The van der Waals surface area contributed by atoms with Crippen LogP contribution in [-0.2, 0) is 13.1 Å². The molecule has 2 aromatic heterocycles. The summed E-state index contributed by atoms with van der Waals surface area (Å²) in [5, 5.41) is 19.9. The molecule has 0 aliphatic rings. The molecule has 0 saturated carbocycles. The predicted octanol–water partition coefficient (Wildman–Crippen LogP) is 1.83. The Morgan fingerprint density at radius 3 is 2.94 bits per heavy atom. The summed E-state index contributed by atoms with van der Waals surface area (Å²) in [7, 11) is 0. The number of aromatic nitrogens is 2. The second-order valence-corrected chi connectivity index (χ2v) is 5.07. The topological polar surface area (TPSA) is 75.1 Å². The van der Waals surface area contributed by atoms with E-state index in [1.54, 1.807) is 12.3 Å². The number of nitrogens with zero attached hydrogens (tertiary/aromatic N) is 2. The zero-order chi connectivity index (χ0) is 13.0. The van der Waals surface area contributed by atoms with Gasteiger partial charge in [0.15, 0.2) is 0 Å². The first kappa shape index (κ1) is 12.7. The zero-order valence-corrected chi connectivity index (χ0v) is 10.7. The molecular weight excluding hydrogens is 250 g/mol. The second-order valence-electron chi connectivity index (χ2n) is 3.82. The van der Waals surface area contributed by atoms with Crippen molar-refractivity contribution in [2.24, 2.45) is 0 Å². The first-order valence-corrected chi connectivity index (χ1v) is 6.28. The number of aromatic carboxylic acids is 1. The van der Waals surface area contributed by atoms with Crippen LogP contribution in [0.3, 0.4) is 0 Å². The molecule has 0 amide bonds. The standard InChI is InChI=1S/C12H13N3O2S/c1-8-9(5-11(18-8)12(16)17)6-13-7-10-3-2-4-14-15-10/h2-5,13H,6-7H2,1H3,(H,16,17). The molecule has 2 N–H and O–H groups in total. The lowest BCUT2D eigenvalue weighted by Gasteiger charge is -2.02. The minimum atomic E-state index is -0.872. The lowest BCUT2D eigenvalue weighted by molar-refractivity contribution is 0.0702. The van der Waals surface area contributed by atoms with Gasteiger partial charge in [0.1, 0.15) is 4.88 Å². The molecular formula is C12H13N3O2S. The number of carbonyl (C=O) groups is 1. The molecule has 0 fully saturated rings. The molecule has 2 aromatic rings. The van der Waals surface area contributed by atoms with Gasteiger partial charge in [-0.3, -0.25) is 0 Å². The van der Waals surface area contributed by atoms with Crippen molar-refractivity contribution in [2.45, 2.75) is 20.0 Å². The third-order valence-electron chi connectivity index (χ3n) is 2.48. The number of carboxylic acid groups (broad SMARTS) is 1. The van der Waals surface area contributed by atoms with Crippen LogP contribution in [-0.4, -0.2) is 21.3 Å². The summed E-state index contributed by atoms with van der Waals surface area (Å²) in [5.41, 5.74) is 1.88. The Balaban J connectivity index is 1.92. The maximum absolute atomic E-state index is 10.8. The van der Waals surface area contributed by atoms with Crippen LogP contribution in [0.4, 0.5) is 0 Å². The van der Waals surface area contributed by atoms with Crippen LogP contribution >= 0.6 is 11.3 Å². The molecule has 18 heavy (non-hydrogen) atoms. The molecule has 94 valence electrons. The SMILES string of the molecule is Cc1sc(C(=O)O)cc1CNCc1cccnn1. The average molecular weight is 263 g/mol. The van der Waals surface area contributed by atoms with Gasteiger partial charge in [-0.25, -0.2) is 4.79 Å². The molecule has 0 atom stereocenters. The van der Waals surface area contributed by atoms with Gasteiger partial charge < -0.3 is 10.4 Å². The Bertz CT molecular complexity index is 540. The van der Waals surface area contributed by atoms with Crippen molar-refractivity contribution >= 4 is 17.3 Å². The van der Waals surface area contributed by atoms with E-state index >= 15 is 0 Å². The Labute approximate surface area is 109 Å². The van der Waals surface area contributed by atoms with E-state index in [0.29, 0.717) is 18.0 Å². The normalized spacial score (nSPS) is 10.5. The van der Waals surface area contributed by atoms with E-state index in [4.69, 9.17) is 5.11 Å². The van der Waals surface area contributed by atoms with Crippen molar-refractivity contribution in [3.63, 3.8) is 0 Å². The van der Waals surface area contributed by atoms with E-state index in [0.717, 1.165) is 16.1 Å². The number of carboxylic acids is 1. The van der Waals surface area contributed by atoms with Crippen LogP contribution in [0.1, 0.15) is 25.8 Å². The highest BCUT2D eigenvalue weighted by Crippen LogP contribution is 2.21. The molecule has 0 aromatic carbocycles. The van der Waals surface area contributed by atoms with E-state index in [2.05, 4.69) is 15.5 Å². The lowest BCUT2D eigenvalue weighted by Crippen LogP contribution is -2.14. The van der Waals surface area contributed by atoms with E-state index in [9.17, 15) is 4.79 Å². The van der Waals surface area contributed by atoms with Crippen molar-refractivity contribution in [1.29, 1.82) is 0 Å². The maximum atomic E-state index is 10.8. The Hall–Kier alpha value is -1.79. The Kier molecular flexibility index (Phi) is 4.01. The van der Waals surface area contributed by atoms with Crippen molar-refractivity contribution < 1.29 is 9.90 Å². The van der Waals surface area contributed by atoms with Gasteiger partial charge in [-0.1, -0.05) is 0 Å². The van der Waals surface area contributed by atoms with Crippen molar-refractivity contribution in [1.82, 2.24) is 15.5 Å². The van der Waals surface area contributed by atoms with Gasteiger partial charge in [0.25, 0.3) is 0 Å². The highest BCUT2D eigenvalue weighted by atomic mass is 32.1. The van der Waals surface area contributed by atoms with Crippen molar-refractivity contribution in [3.05, 3.63) is 45.4 Å². The van der Waals surface area contributed by atoms with Gasteiger partial charge in [-0.2, -0.15) is 10.2 Å². The fourth-order valence-corrected chi connectivity index (χ4v) is 2.43. The summed E-state index contributed by atoms with van der Waals surface area (Å²) in [4.78, 5) is 12.2. The van der Waals surface area contributed by atoms with Crippen LogP contribution in [0.15, 0.2) is 24.4 Å². The lowest BCUT2D eigenvalue weighted by atomic mass is 10.2. The molecule has 0 aliphatic heterocycles. The van der Waals surface area contributed by atoms with E-state index in [1.165, 1.54) is 11.3 Å². The number of rotatable bonds is 5. The summed E-state index contributed by atoms with van der Waals surface area (Å²) >= 11 is 1.30. The highest BCUT2D eigenvalue weighted by Gasteiger charge is 2.10. The number of nitrogens with one attached hydrogen (secondary N) is 1. The maximum Gasteiger partial charge on any atom is 0.345 e. The van der Waals surface area contributed by atoms with Crippen LogP contribution in [0.5, 0.6) is 0 Å². The van der Waals surface area contributed by atoms with Gasteiger partial charge in [-0.15, -0.1) is 11.3 Å². The fourth-order valence-electron chi connectivity index (χ4n) is 1.55. The predicted molar refractivity (Wildman–Crippen MR) is 68.6 cm³/mol. The molecule has 0 unspecified atom stereocenters. The first-order chi connectivity index (χ1) is 8.66. The van der Waals surface area contributed by atoms with Gasteiger partial charge in [0.2, 0.25) is 0 Å². The summed E-state index contributed by atoms with van der Waals surface area (Å²) in [6.07, 6.45) is 1.63. The molecule has 0 spiro atoms. The van der Waals surface area contributed by atoms with Gasteiger partial charge in [0.05, 0.1) is 5.69 Å².